The van der Waals surface area contributed by atoms with Crippen molar-refractivity contribution in [1.29, 1.82) is 0 Å². The number of ether oxygens (including phenoxy) is 2. The molecular weight excluding hydrogens is 544 g/mol. The predicted molar refractivity (Wildman–Crippen MR) is 155 cm³/mol. The van der Waals surface area contributed by atoms with E-state index in [4.69, 9.17) is 15.2 Å². The fourth-order valence-electron chi connectivity index (χ4n) is 4.06. The highest BCUT2D eigenvalue weighted by molar-refractivity contribution is 5.96. The van der Waals surface area contributed by atoms with E-state index in [-0.39, 0.29) is 42.2 Å². The largest absolute Gasteiger partial charge is 0.480 e. The highest BCUT2D eigenvalue weighted by Crippen LogP contribution is 2.11. The van der Waals surface area contributed by atoms with Gasteiger partial charge in [0.2, 0.25) is 5.95 Å². The number of unbranched alkanes of at least 4 members (excludes halogenated alkanes) is 1. The van der Waals surface area contributed by atoms with E-state index in [1.807, 2.05) is 0 Å². The van der Waals surface area contributed by atoms with Gasteiger partial charge in [0.05, 0.1) is 25.1 Å². The summed E-state index contributed by atoms with van der Waals surface area (Å²) in [6.07, 6.45) is 5.57. The number of carbonyl (C=O) groups is 3. The number of ketones is 1. The minimum atomic E-state index is -1.20. The number of anilines is 1. The Labute approximate surface area is 243 Å². The number of fused-ring (bicyclic) bond motifs is 1. The zero-order valence-electron chi connectivity index (χ0n) is 23.8. The van der Waals surface area contributed by atoms with E-state index in [1.165, 1.54) is 6.20 Å². The van der Waals surface area contributed by atoms with Crippen LogP contribution in [-0.2, 0) is 31.9 Å². The first kappa shape index (κ1) is 32.3. The predicted octanol–water partition coefficient (Wildman–Crippen LogP) is 2.23. The number of aryl methyl sites for hydroxylation is 2. The monoisotopic (exact) mass is 582 g/mol. The van der Waals surface area contributed by atoms with E-state index in [9.17, 15) is 24.3 Å². The smallest absolute Gasteiger partial charge is 0.326 e. The summed E-state index contributed by atoms with van der Waals surface area (Å²) in [5.74, 6) is -1.85. The van der Waals surface area contributed by atoms with Crippen LogP contribution in [0.4, 0.5) is 5.95 Å². The molecule has 0 bridgehead atoms. The molecule has 0 radical (unpaired) electrons. The number of aromatic nitrogens is 4. The van der Waals surface area contributed by atoms with E-state index < -0.39 is 23.5 Å². The van der Waals surface area contributed by atoms with Crippen molar-refractivity contribution in [3.05, 3.63) is 57.6 Å². The van der Waals surface area contributed by atoms with Crippen LogP contribution in [0.1, 0.15) is 67.1 Å². The highest BCUT2D eigenvalue weighted by atomic mass is 16.5. The highest BCUT2D eigenvalue weighted by Gasteiger charge is 2.21. The lowest BCUT2D eigenvalue weighted by Gasteiger charge is -2.14. The summed E-state index contributed by atoms with van der Waals surface area (Å²) in [5, 5.41) is 12.1. The molecule has 0 unspecified atom stereocenters. The van der Waals surface area contributed by atoms with Gasteiger partial charge in [0, 0.05) is 31.6 Å². The Morgan fingerprint density at radius 1 is 1.00 bits per heavy atom. The number of rotatable bonds is 19. The zero-order valence-corrected chi connectivity index (χ0v) is 23.8. The van der Waals surface area contributed by atoms with E-state index in [1.54, 1.807) is 24.3 Å². The maximum atomic E-state index is 12.7. The molecular formula is C29H38N6O7. The van der Waals surface area contributed by atoms with E-state index in [2.05, 4.69) is 32.2 Å². The van der Waals surface area contributed by atoms with Crippen molar-refractivity contribution >= 4 is 34.8 Å². The van der Waals surface area contributed by atoms with E-state index >= 15 is 0 Å². The molecule has 0 aliphatic carbocycles. The number of nitrogens with zero attached hydrogens (tertiary/aromatic N) is 3. The summed E-state index contributed by atoms with van der Waals surface area (Å²) in [4.78, 5) is 63.4. The molecule has 0 aliphatic heterocycles. The first-order valence-corrected chi connectivity index (χ1v) is 14.1. The number of benzene rings is 1. The molecule has 13 nitrogen and oxygen atoms in total. The van der Waals surface area contributed by atoms with Gasteiger partial charge in [-0.25, -0.2) is 14.8 Å². The number of carboxylic acid groups (broad SMARTS) is 1. The minimum absolute atomic E-state index is 0.00184. The van der Waals surface area contributed by atoms with Crippen molar-refractivity contribution < 1.29 is 29.0 Å². The van der Waals surface area contributed by atoms with Gasteiger partial charge in [-0.15, -0.1) is 0 Å². The van der Waals surface area contributed by atoms with Gasteiger partial charge in [0.25, 0.3) is 11.5 Å². The molecule has 226 valence electrons. The molecule has 1 aromatic carbocycles. The van der Waals surface area contributed by atoms with Crippen LogP contribution in [-0.4, -0.2) is 75.2 Å². The third-order valence-electron chi connectivity index (χ3n) is 6.45. The third-order valence-corrected chi connectivity index (χ3v) is 6.45. The number of aromatic amines is 1. The summed E-state index contributed by atoms with van der Waals surface area (Å²) in [5.41, 5.74) is 7.15. The molecule has 2 heterocycles. The van der Waals surface area contributed by atoms with Gasteiger partial charge in [-0.05, 0) is 49.8 Å². The van der Waals surface area contributed by atoms with Crippen molar-refractivity contribution in [3.63, 3.8) is 0 Å². The number of aliphatic carboxylic acids is 1. The maximum absolute atomic E-state index is 12.7. The molecule has 13 heteroatoms. The normalized spacial score (nSPS) is 11.8. The van der Waals surface area contributed by atoms with Crippen LogP contribution in [0.5, 0.6) is 0 Å². The fraction of sp³-hybridized carbons (Fsp3) is 0.483. The molecule has 42 heavy (non-hydrogen) atoms. The second kappa shape index (κ2) is 16.9. The fourth-order valence-corrected chi connectivity index (χ4v) is 4.06. The van der Waals surface area contributed by atoms with E-state index in [0.29, 0.717) is 56.9 Å². The number of carbonyl (C=O) groups excluding carboxylic acids is 2. The SMILES string of the molecule is CCCCOCCOCCCC(=O)CC[C@H](NC(=O)c1ccc(CCc2cnc3nc(N)[nH]c(=O)c3n2)cc1)C(=O)O. The molecule has 0 spiro atoms. The van der Waals surface area contributed by atoms with Gasteiger partial charge in [0.1, 0.15) is 11.8 Å². The van der Waals surface area contributed by atoms with Gasteiger partial charge in [-0.2, -0.15) is 4.98 Å². The Bertz CT molecular complexity index is 1390. The van der Waals surface area contributed by atoms with Crippen molar-refractivity contribution in [2.24, 2.45) is 0 Å². The molecule has 1 atom stereocenters. The molecule has 3 rings (SSSR count). The summed E-state index contributed by atoms with van der Waals surface area (Å²) < 4.78 is 10.8. The number of hydrogen-bond donors (Lipinski definition) is 4. The standard InChI is InChI=1S/C29H38N6O7/c1-2-3-14-41-16-17-42-15-4-5-22(36)12-13-23(28(39)40)33-26(37)20-9-6-19(7-10-20)8-11-21-18-31-25-24(32-21)27(38)35-29(30)34-25/h6-7,9-10,18,23H,2-5,8,11-17H2,1H3,(H,33,37)(H,39,40)(H3,30,31,34,35,38)/t23-/m0/s1. The lowest BCUT2D eigenvalue weighted by atomic mass is 10.0. The summed E-state index contributed by atoms with van der Waals surface area (Å²) in [7, 11) is 0. The topological polar surface area (TPSA) is 199 Å². The number of nitrogens with one attached hydrogen (secondary N) is 2. The Balaban J connectivity index is 1.40. The number of nitrogens with two attached hydrogens (primary N) is 1. The average Bonchev–Trinajstić information content (AvgIpc) is 2.97. The number of carboxylic acids is 1. The summed E-state index contributed by atoms with van der Waals surface area (Å²) in [6.45, 7) is 4.24. The maximum Gasteiger partial charge on any atom is 0.326 e. The van der Waals surface area contributed by atoms with Crippen LogP contribution < -0.4 is 16.6 Å². The molecule has 1 amide bonds. The Hall–Kier alpha value is -4.23. The lowest BCUT2D eigenvalue weighted by molar-refractivity contribution is -0.139. The van der Waals surface area contributed by atoms with Gasteiger partial charge in [0.15, 0.2) is 11.2 Å². The Morgan fingerprint density at radius 3 is 2.40 bits per heavy atom. The van der Waals surface area contributed by atoms with Gasteiger partial charge in [-0.1, -0.05) is 25.5 Å². The quantitative estimate of drug-likeness (QED) is 0.151. The lowest BCUT2D eigenvalue weighted by Crippen LogP contribution is -2.41. The molecule has 0 saturated heterocycles. The molecule has 5 N–H and O–H groups in total. The number of nitrogen functional groups attached to an aromatic ring is 1. The van der Waals surface area contributed by atoms with Crippen molar-refractivity contribution in [1.82, 2.24) is 25.3 Å². The first-order valence-electron chi connectivity index (χ1n) is 14.1. The first-order chi connectivity index (χ1) is 20.3. The molecule has 0 aliphatic rings. The molecule has 0 saturated carbocycles. The van der Waals surface area contributed by atoms with Gasteiger partial charge in [-0.3, -0.25) is 19.4 Å². The second-order valence-electron chi connectivity index (χ2n) is 9.81. The zero-order chi connectivity index (χ0) is 30.3. The van der Waals surface area contributed by atoms with Crippen LogP contribution in [0.15, 0.2) is 35.3 Å². The molecule has 0 fully saturated rings. The summed E-state index contributed by atoms with van der Waals surface area (Å²) >= 11 is 0. The Morgan fingerprint density at radius 2 is 1.71 bits per heavy atom. The molecule has 3 aromatic rings. The number of hydrogen-bond acceptors (Lipinski definition) is 10. The number of H-pyrrole nitrogens is 1. The van der Waals surface area contributed by atoms with Crippen molar-refractivity contribution in [2.45, 2.75) is 64.3 Å². The van der Waals surface area contributed by atoms with Crippen LogP contribution in [0.25, 0.3) is 11.2 Å². The van der Waals surface area contributed by atoms with Gasteiger partial charge < -0.3 is 25.6 Å². The number of amides is 1. The minimum Gasteiger partial charge on any atom is -0.480 e. The van der Waals surface area contributed by atoms with Gasteiger partial charge >= 0.3 is 5.97 Å². The third kappa shape index (κ3) is 10.6. The average molecular weight is 583 g/mol. The van der Waals surface area contributed by atoms with Crippen molar-refractivity contribution in [3.8, 4) is 0 Å². The van der Waals surface area contributed by atoms with Crippen molar-refractivity contribution in [2.75, 3.05) is 32.2 Å². The van der Waals surface area contributed by atoms with Crippen LogP contribution in [0.3, 0.4) is 0 Å². The van der Waals surface area contributed by atoms with Crippen LogP contribution in [0, 0.1) is 0 Å². The number of Topliss-reactive ketones (excluding diaryl/α,β-unsaturated/α-hetero) is 1. The summed E-state index contributed by atoms with van der Waals surface area (Å²) in [6, 6.07) is 5.55. The second-order valence-corrected chi connectivity index (χ2v) is 9.81. The van der Waals surface area contributed by atoms with Crippen LogP contribution in [0.2, 0.25) is 0 Å². The Kier molecular flexibility index (Phi) is 13.0. The van der Waals surface area contributed by atoms with E-state index in [0.717, 1.165) is 18.4 Å². The molecule has 2 aromatic heterocycles. The van der Waals surface area contributed by atoms with Crippen LogP contribution >= 0.6 is 0 Å².